The summed E-state index contributed by atoms with van der Waals surface area (Å²) in [5.41, 5.74) is 1.55. The van der Waals surface area contributed by atoms with Crippen molar-refractivity contribution in [2.75, 3.05) is 26.1 Å². The molecule has 0 radical (unpaired) electrons. The molecule has 0 atom stereocenters. The summed E-state index contributed by atoms with van der Waals surface area (Å²) in [4.78, 5) is 17.0. The number of carbonyl (C=O) groups excluding carboxylic acids is 1. The number of hydrogen-bond acceptors (Lipinski definition) is 7. The van der Waals surface area contributed by atoms with Gasteiger partial charge in [-0.25, -0.2) is 4.98 Å². The van der Waals surface area contributed by atoms with Crippen molar-refractivity contribution in [3.8, 4) is 17.2 Å². The Labute approximate surface area is 169 Å². The third-order valence-electron chi connectivity index (χ3n) is 4.21. The highest BCUT2D eigenvalue weighted by Crippen LogP contribution is 2.39. The molecule has 0 bridgehead atoms. The number of ether oxygens (including phenoxy) is 3. The Morgan fingerprint density at radius 1 is 1.14 bits per heavy atom. The minimum atomic E-state index is -0.271. The molecule has 0 saturated carbocycles. The van der Waals surface area contributed by atoms with E-state index in [-0.39, 0.29) is 12.5 Å². The summed E-state index contributed by atoms with van der Waals surface area (Å²) >= 11 is 3.24. The van der Waals surface area contributed by atoms with Crippen molar-refractivity contribution in [1.82, 2.24) is 4.98 Å². The Hall–Kier alpha value is -2.84. The summed E-state index contributed by atoms with van der Waals surface area (Å²) in [7, 11) is 3.12. The number of rotatable bonds is 6. The first-order chi connectivity index (χ1) is 13.6. The van der Waals surface area contributed by atoms with Crippen molar-refractivity contribution in [2.45, 2.75) is 6.92 Å². The number of amides is 1. The van der Waals surface area contributed by atoms with Crippen molar-refractivity contribution in [3.63, 3.8) is 0 Å². The Kier molecular flexibility index (Phi) is 5.06. The van der Waals surface area contributed by atoms with E-state index in [1.165, 1.54) is 0 Å². The van der Waals surface area contributed by atoms with E-state index in [4.69, 9.17) is 14.2 Å². The Balaban J connectivity index is 1.53. The van der Waals surface area contributed by atoms with Crippen LogP contribution in [0.3, 0.4) is 0 Å². The van der Waals surface area contributed by atoms with Crippen LogP contribution in [0.25, 0.3) is 20.3 Å². The maximum absolute atomic E-state index is 12.4. The van der Waals surface area contributed by atoms with Gasteiger partial charge in [-0.1, -0.05) is 0 Å². The van der Waals surface area contributed by atoms with Gasteiger partial charge in [-0.05, 0) is 30.5 Å². The molecule has 2 aromatic heterocycles. The molecule has 0 unspecified atom stereocenters. The van der Waals surface area contributed by atoms with Crippen LogP contribution in [0.15, 0.2) is 35.7 Å². The second kappa shape index (κ2) is 7.65. The molecular weight excluding hydrogens is 396 g/mol. The number of thiazole rings is 1. The SMILES string of the molecule is COc1ccc(NC(=O)COc2cc3sc(C)nc3c3sccc23)c(OC)c1. The van der Waals surface area contributed by atoms with E-state index in [1.807, 2.05) is 24.4 Å². The van der Waals surface area contributed by atoms with Crippen LogP contribution in [0.2, 0.25) is 0 Å². The lowest BCUT2D eigenvalue weighted by Crippen LogP contribution is -2.20. The van der Waals surface area contributed by atoms with Gasteiger partial charge in [0, 0.05) is 17.5 Å². The molecule has 0 aliphatic rings. The largest absolute Gasteiger partial charge is 0.497 e. The average Bonchev–Trinajstić information content (AvgIpc) is 3.32. The number of aryl methyl sites for hydroxylation is 1. The van der Waals surface area contributed by atoms with Crippen molar-refractivity contribution in [2.24, 2.45) is 0 Å². The van der Waals surface area contributed by atoms with Crippen LogP contribution in [-0.2, 0) is 4.79 Å². The molecule has 1 amide bonds. The number of fused-ring (bicyclic) bond motifs is 3. The van der Waals surface area contributed by atoms with Crippen LogP contribution >= 0.6 is 22.7 Å². The summed E-state index contributed by atoms with van der Waals surface area (Å²) in [6, 6.07) is 9.16. The van der Waals surface area contributed by atoms with Crippen LogP contribution in [0.1, 0.15) is 5.01 Å². The summed E-state index contributed by atoms with van der Waals surface area (Å²) in [5.74, 6) is 1.59. The zero-order valence-electron chi connectivity index (χ0n) is 15.6. The third-order valence-corrected chi connectivity index (χ3v) is 6.05. The summed E-state index contributed by atoms with van der Waals surface area (Å²) < 4.78 is 18.5. The van der Waals surface area contributed by atoms with Crippen molar-refractivity contribution >= 4 is 54.6 Å². The van der Waals surface area contributed by atoms with E-state index >= 15 is 0 Å². The Morgan fingerprint density at radius 3 is 2.79 bits per heavy atom. The van der Waals surface area contributed by atoms with E-state index in [0.717, 1.165) is 25.3 Å². The predicted octanol–water partition coefficient (Wildman–Crippen LogP) is 4.85. The molecule has 28 heavy (non-hydrogen) atoms. The van der Waals surface area contributed by atoms with Gasteiger partial charge in [-0.3, -0.25) is 4.79 Å². The number of benzene rings is 2. The highest BCUT2D eigenvalue weighted by molar-refractivity contribution is 7.21. The first-order valence-electron chi connectivity index (χ1n) is 8.51. The smallest absolute Gasteiger partial charge is 0.262 e. The van der Waals surface area contributed by atoms with Crippen LogP contribution in [0.4, 0.5) is 5.69 Å². The molecule has 0 aliphatic heterocycles. The van der Waals surface area contributed by atoms with Gasteiger partial charge in [0.15, 0.2) is 6.61 Å². The summed E-state index contributed by atoms with van der Waals surface area (Å²) in [5, 5.41) is 6.80. The lowest BCUT2D eigenvalue weighted by Gasteiger charge is -2.12. The van der Waals surface area contributed by atoms with Crippen LogP contribution in [0, 0.1) is 6.92 Å². The second-order valence-corrected chi connectivity index (χ2v) is 8.17. The Morgan fingerprint density at radius 2 is 2.00 bits per heavy atom. The first kappa shape index (κ1) is 18.5. The van der Waals surface area contributed by atoms with Crippen LogP contribution < -0.4 is 19.5 Å². The molecule has 0 spiro atoms. The number of nitrogens with one attached hydrogen (secondary N) is 1. The summed E-state index contributed by atoms with van der Waals surface area (Å²) in [6.45, 7) is 1.88. The van der Waals surface area contributed by atoms with E-state index in [0.29, 0.717) is 22.9 Å². The van der Waals surface area contributed by atoms with Gasteiger partial charge in [0.1, 0.15) is 17.2 Å². The Bertz CT molecular complexity index is 1170. The maximum Gasteiger partial charge on any atom is 0.262 e. The molecule has 0 saturated heterocycles. The van der Waals surface area contributed by atoms with Crippen molar-refractivity contribution in [3.05, 3.63) is 40.7 Å². The first-order valence-corrected chi connectivity index (χ1v) is 10.2. The average molecular weight is 415 g/mol. The van der Waals surface area contributed by atoms with Gasteiger partial charge in [0.2, 0.25) is 0 Å². The van der Waals surface area contributed by atoms with E-state index in [2.05, 4.69) is 10.3 Å². The number of thiophene rings is 1. The number of hydrogen-bond donors (Lipinski definition) is 1. The zero-order valence-corrected chi connectivity index (χ0v) is 17.2. The van der Waals surface area contributed by atoms with Gasteiger partial charge in [0.05, 0.1) is 39.8 Å². The number of aromatic nitrogens is 1. The molecular formula is C20H18N2O4S2. The molecule has 2 aromatic carbocycles. The number of methoxy groups -OCH3 is 2. The molecule has 1 N–H and O–H groups in total. The van der Waals surface area contributed by atoms with E-state index in [1.54, 1.807) is 55.1 Å². The van der Waals surface area contributed by atoms with E-state index in [9.17, 15) is 4.79 Å². The van der Waals surface area contributed by atoms with Crippen LogP contribution in [-0.4, -0.2) is 31.7 Å². The van der Waals surface area contributed by atoms with Gasteiger partial charge in [-0.15, -0.1) is 22.7 Å². The minimum absolute atomic E-state index is 0.108. The molecule has 2 heterocycles. The van der Waals surface area contributed by atoms with Crippen LogP contribution in [0.5, 0.6) is 17.2 Å². The maximum atomic E-state index is 12.4. The zero-order chi connectivity index (χ0) is 19.7. The van der Waals surface area contributed by atoms with Gasteiger partial charge < -0.3 is 19.5 Å². The highest BCUT2D eigenvalue weighted by Gasteiger charge is 2.14. The highest BCUT2D eigenvalue weighted by atomic mass is 32.1. The molecule has 0 fully saturated rings. The normalized spacial score (nSPS) is 11.0. The number of carbonyl (C=O) groups is 1. The molecule has 0 aliphatic carbocycles. The standard InChI is InChI=1S/C20H18N2O4S2/c1-11-21-19-17(28-11)9-15(13-6-7-27-20(13)19)26-10-18(23)22-14-5-4-12(24-2)8-16(14)25-3/h4-9H,10H2,1-3H3,(H,22,23). The molecule has 8 heteroatoms. The number of nitrogens with zero attached hydrogens (tertiary/aromatic N) is 1. The fourth-order valence-electron chi connectivity index (χ4n) is 2.94. The lowest BCUT2D eigenvalue weighted by molar-refractivity contribution is -0.118. The predicted molar refractivity (Wildman–Crippen MR) is 113 cm³/mol. The topological polar surface area (TPSA) is 69.7 Å². The van der Waals surface area contributed by atoms with E-state index < -0.39 is 0 Å². The second-order valence-electron chi connectivity index (χ2n) is 6.02. The third kappa shape index (κ3) is 3.48. The lowest BCUT2D eigenvalue weighted by atomic mass is 10.2. The summed E-state index contributed by atoms with van der Waals surface area (Å²) in [6.07, 6.45) is 0. The number of anilines is 1. The van der Waals surface area contributed by atoms with Gasteiger partial charge >= 0.3 is 0 Å². The fourth-order valence-corrected chi connectivity index (χ4v) is 4.77. The van der Waals surface area contributed by atoms with Gasteiger partial charge in [0.25, 0.3) is 5.91 Å². The van der Waals surface area contributed by atoms with Gasteiger partial charge in [-0.2, -0.15) is 0 Å². The quantitative estimate of drug-likeness (QED) is 0.488. The molecule has 6 nitrogen and oxygen atoms in total. The fraction of sp³-hybridized carbons (Fsp3) is 0.200. The van der Waals surface area contributed by atoms with Crippen molar-refractivity contribution < 1.29 is 19.0 Å². The molecule has 4 rings (SSSR count). The minimum Gasteiger partial charge on any atom is -0.497 e. The molecule has 144 valence electrons. The van der Waals surface area contributed by atoms with Crippen molar-refractivity contribution in [1.29, 1.82) is 0 Å². The monoisotopic (exact) mass is 414 g/mol. The molecule has 4 aromatic rings.